The molecule has 4 atom stereocenters. The number of benzene rings is 1. The van der Waals surface area contributed by atoms with E-state index in [2.05, 4.69) is 21.0 Å². The Hall–Kier alpha value is -2.00. The summed E-state index contributed by atoms with van der Waals surface area (Å²) in [4.78, 5) is 2.46. The molecular weight excluding hydrogens is 405 g/mol. The van der Waals surface area contributed by atoms with Gasteiger partial charge in [-0.25, -0.2) is 0 Å². The van der Waals surface area contributed by atoms with E-state index in [4.69, 9.17) is 0 Å². The number of halogens is 3. The fourth-order valence-corrected chi connectivity index (χ4v) is 5.12. The molecule has 0 saturated carbocycles. The summed E-state index contributed by atoms with van der Waals surface area (Å²) in [5.41, 5.74) is -3.01. The van der Waals surface area contributed by atoms with Crippen molar-refractivity contribution < 1.29 is 25.8 Å². The predicted molar refractivity (Wildman–Crippen MR) is 105 cm³/mol. The second kappa shape index (κ2) is 7.36. The summed E-state index contributed by atoms with van der Waals surface area (Å²) in [5, 5.41) is 3.17. The van der Waals surface area contributed by atoms with Gasteiger partial charge in [0.1, 0.15) is 5.75 Å². The summed E-state index contributed by atoms with van der Waals surface area (Å²) in [6, 6.07) is 4.54. The maximum absolute atomic E-state index is 12.6. The highest BCUT2D eigenvalue weighted by molar-refractivity contribution is 7.88. The molecule has 5 nitrogen and oxygen atoms in total. The zero-order valence-corrected chi connectivity index (χ0v) is 16.6. The van der Waals surface area contributed by atoms with Gasteiger partial charge in [-0.3, -0.25) is 4.90 Å². The van der Waals surface area contributed by atoms with E-state index in [0.29, 0.717) is 30.0 Å². The molecule has 1 aromatic rings. The van der Waals surface area contributed by atoms with Crippen molar-refractivity contribution in [2.45, 2.75) is 30.8 Å². The van der Waals surface area contributed by atoms with Crippen molar-refractivity contribution in [3.8, 4) is 5.75 Å². The fourth-order valence-electron chi connectivity index (χ4n) is 4.67. The first-order valence-corrected chi connectivity index (χ1v) is 11.0. The van der Waals surface area contributed by atoms with E-state index < -0.39 is 15.6 Å². The Bertz CT molecular complexity index is 943. The molecule has 29 heavy (non-hydrogen) atoms. The first-order valence-electron chi connectivity index (χ1n) is 9.62. The van der Waals surface area contributed by atoms with Gasteiger partial charge in [-0.1, -0.05) is 12.2 Å². The zero-order valence-electron chi connectivity index (χ0n) is 15.8. The van der Waals surface area contributed by atoms with E-state index in [1.54, 1.807) is 6.07 Å². The van der Waals surface area contributed by atoms with Crippen molar-refractivity contribution in [1.82, 2.24) is 4.90 Å². The number of hydrogen-bond donors (Lipinski definition) is 1. The summed E-state index contributed by atoms with van der Waals surface area (Å²) in [7, 11) is -5.70. The molecule has 0 aliphatic carbocycles. The maximum Gasteiger partial charge on any atom is 0.534 e. The van der Waals surface area contributed by atoms with Gasteiger partial charge in [-0.2, -0.15) is 21.6 Å². The van der Waals surface area contributed by atoms with Gasteiger partial charge in [0.15, 0.2) is 0 Å². The standard InChI is InChI=1S/C20H23F3N2O3S/c1-2-13-12-25-8-6-14(13)9-16(25)10-15-5-7-24-19-4-3-17(11-18(15)19)28-29(26,27)20(21,22)23/h2-5,11,13-14,16,24H,1,6-10,12H2. The van der Waals surface area contributed by atoms with Crippen molar-refractivity contribution >= 4 is 21.4 Å². The number of anilines is 1. The summed E-state index contributed by atoms with van der Waals surface area (Å²) >= 11 is 0. The first kappa shape index (κ1) is 20.3. The van der Waals surface area contributed by atoms with Crippen LogP contribution in [-0.2, 0) is 10.1 Å². The van der Waals surface area contributed by atoms with Crippen molar-refractivity contribution in [3.05, 3.63) is 42.5 Å². The average Bonchev–Trinajstić information content (AvgIpc) is 2.67. The third-order valence-electron chi connectivity index (χ3n) is 6.15. The Balaban J connectivity index is 1.55. The molecular formula is C20H23F3N2O3S. The Morgan fingerprint density at radius 2 is 2.14 bits per heavy atom. The van der Waals surface area contributed by atoms with Crippen molar-refractivity contribution in [1.29, 1.82) is 0 Å². The van der Waals surface area contributed by atoms with Crippen LogP contribution in [0, 0.1) is 11.8 Å². The normalized spacial score (nSPS) is 28.9. The van der Waals surface area contributed by atoms with Gasteiger partial charge < -0.3 is 9.50 Å². The van der Waals surface area contributed by atoms with Crippen LogP contribution in [0.25, 0.3) is 5.57 Å². The Morgan fingerprint density at radius 3 is 2.79 bits per heavy atom. The molecule has 1 aromatic carbocycles. The minimum absolute atomic E-state index is 0.340. The molecule has 0 spiro atoms. The fraction of sp³-hybridized carbons (Fsp3) is 0.500. The quantitative estimate of drug-likeness (QED) is 0.436. The third kappa shape index (κ3) is 3.90. The van der Waals surface area contributed by atoms with E-state index >= 15 is 0 Å². The molecule has 158 valence electrons. The van der Waals surface area contributed by atoms with Crippen LogP contribution in [0.15, 0.2) is 36.9 Å². The van der Waals surface area contributed by atoms with Gasteiger partial charge >= 0.3 is 15.6 Å². The lowest BCUT2D eigenvalue weighted by atomic mass is 9.74. The number of alkyl halides is 3. The minimum Gasteiger partial charge on any atom is -0.381 e. The lowest BCUT2D eigenvalue weighted by Gasteiger charge is -2.49. The van der Waals surface area contributed by atoms with E-state index in [1.807, 2.05) is 12.2 Å². The number of hydrogen-bond acceptors (Lipinski definition) is 5. The zero-order chi connectivity index (χ0) is 20.8. The number of fused-ring (bicyclic) bond motifs is 4. The lowest BCUT2D eigenvalue weighted by Crippen LogP contribution is -2.52. The molecule has 4 aliphatic heterocycles. The van der Waals surface area contributed by atoms with Gasteiger partial charge in [-0.05, 0) is 61.4 Å². The SMILES string of the molecule is C=CC1CN2CCC1CC2CC1=CCNc2ccc(OS(=O)(=O)C(F)(F)F)cc21. The minimum atomic E-state index is -5.70. The summed E-state index contributed by atoms with van der Waals surface area (Å²) in [6.07, 6.45) is 7.05. The molecule has 4 unspecified atom stereocenters. The van der Waals surface area contributed by atoms with Crippen LogP contribution in [0.2, 0.25) is 0 Å². The second-order valence-corrected chi connectivity index (χ2v) is 9.38. The van der Waals surface area contributed by atoms with Gasteiger partial charge in [0.2, 0.25) is 0 Å². The predicted octanol–water partition coefficient (Wildman–Crippen LogP) is 4.01. The monoisotopic (exact) mass is 428 g/mol. The smallest absolute Gasteiger partial charge is 0.381 e. The highest BCUT2D eigenvalue weighted by Crippen LogP contribution is 2.42. The van der Waals surface area contributed by atoms with Gasteiger partial charge in [0.25, 0.3) is 0 Å². The molecule has 4 heterocycles. The summed E-state index contributed by atoms with van der Waals surface area (Å²) in [6.45, 7) is 6.60. The van der Waals surface area contributed by atoms with Crippen LogP contribution in [-0.4, -0.2) is 44.5 Å². The molecule has 2 bridgehead atoms. The van der Waals surface area contributed by atoms with Crippen LogP contribution < -0.4 is 9.50 Å². The highest BCUT2D eigenvalue weighted by Gasteiger charge is 2.48. The second-order valence-electron chi connectivity index (χ2n) is 7.84. The largest absolute Gasteiger partial charge is 0.534 e. The molecule has 1 N–H and O–H groups in total. The van der Waals surface area contributed by atoms with Gasteiger partial charge in [0.05, 0.1) is 0 Å². The van der Waals surface area contributed by atoms with Crippen molar-refractivity contribution in [2.75, 3.05) is 25.0 Å². The highest BCUT2D eigenvalue weighted by atomic mass is 32.2. The summed E-state index contributed by atoms with van der Waals surface area (Å²) < 4.78 is 64.9. The molecule has 0 radical (unpaired) electrons. The van der Waals surface area contributed by atoms with Gasteiger partial charge in [0, 0.05) is 30.4 Å². The molecule has 3 fully saturated rings. The van der Waals surface area contributed by atoms with Crippen molar-refractivity contribution in [3.63, 3.8) is 0 Å². The van der Waals surface area contributed by atoms with E-state index in [9.17, 15) is 21.6 Å². The van der Waals surface area contributed by atoms with Crippen LogP contribution in [0.1, 0.15) is 24.8 Å². The van der Waals surface area contributed by atoms with Crippen LogP contribution in [0.3, 0.4) is 0 Å². The molecule has 5 rings (SSSR count). The topological polar surface area (TPSA) is 58.6 Å². The van der Waals surface area contributed by atoms with E-state index in [-0.39, 0.29) is 5.75 Å². The Kier molecular flexibility index (Phi) is 5.14. The molecule has 0 amide bonds. The van der Waals surface area contributed by atoms with E-state index in [1.165, 1.54) is 12.1 Å². The van der Waals surface area contributed by atoms with Crippen LogP contribution >= 0.6 is 0 Å². The number of nitrogens with zero attached hydrogens (tertiary/aromatic N) is 1. The number of nitrogens with one attached hydrogen (secondary N) is 1. The molecule has 0 aromatic heterocycles. The van der Waals surface area contributed by atoms with E-state index in [0.717, 1.165) is 43.6 Å². The molecule has 4 aliphatic rings. The Labute approximate surface area is 168 Å². The lowest BCUT2D eigenvalue weighted by molar-refractivity contribution is -0.0500. The van der Waals surface area contributed by atoms with Crippen molar-refractivity contribution in [2.24, 2.45) is 11.8 Å². The maximum atomic E-state index is 12.6. The number of rotatable bonds is 5. The third-order valence-corrected chi connectivity index (χ3v) is 7.13. The summed E-state index contributed by atoms with van der Waals surface area (Å²) in [5.74, 6) is 0.797. The van der Waals surface area contributed by atoms with Gasteiger partial charge in [-0.15, -0.1) is 6.58 Å². The Morgan fingerprint density at radius 1 is 1.34 bits per heavy atom. The number of piperidine rings is 3. The first-order chi connectivity index (χ1) is 13.7. The van der Waals surface area contributed by atoms with Crippen LogP contribution in [0.5, 0.6) is 5.75 Å². The molecule has 9 heteroatoms. The van der Waals surface area contributed by atoms with Crippen LogP contribution in [0.4, 0.5) is 18.9 Å². The molecule has 3 saturated heterocycles. The average molecular weight is 428 g/mol.